The average Bonchev–Trinajstić information content (AvgIpc) is 3.56. The van der Waals surface area contributed by atoms with Crippen LogP contribution in [-0.2, 0) is 9.47 Å². The maximum Gasteiger partial charge on any atom is 0.199 e. The third-order valence-corrected chi connectivity index (χ3v) is 7.80. The van der Waals surface area contributed by atoms with E-state index >= 15 is 0 Å². The minimum atomic E-state index is 0.286. The fourth-order valence-electron chi connectivity index (χ4n) is 4.37. The van der Waals surface area contributed by atoms with Gasteiger partial charge in [-0.3, -0.25) is 0 Å². The zero-order chi connectivity index (χ0) is 23.5. The molecule has 1 atom stereocenters. The maximum absolute atomic E-state index is 6.35. The topological polar surface area (TPSA) is 47.7 Å². The third-order valence-electron chi connectivity index (χ3n) is 6.58. The van der Waals surface area contributed by atoms with Crippen molar-refractivity contribution in [1.29, 1.82) is 0 Å². The second-order valence-corrected chi connectivity index (χ2v) is 10.3. The van der Waals surface area contributed by atoms with Gasteiger partial charge in [0, 0.05) is 54.0 Å². The van der Waals surface area contributed by atoms with Crippen LogP contribution in [0.25, 0.3) is 17.0 Å². The highest BCUT2D eigenvalue weighted by atomic mass is 35.5. The van der Waals surface area contributed by atoms with Crippen molar-refractivity contribution in [1.82, 2.24) is 9.88 Å². The first kappa shape index (κ1) is 23.5. The molecule has 0 radical (unpaired) electrons. The number of oxazole rings is 1. The highest BCUT2D eigenvalue weighted by Gasteiger charge is 2.25. The maximum atomic E-state index is 6.35. The summed E-state index contributed by atoms with van der Waals surface area (Å²) in [6, 6.07) is 16.6. The molecule has 2 aliphatic heterocycles. The van der Waals surface area contributed by atoms with E-state index in [1.54, 1.807) is 11.8 Å². The van der Waals surface area contributed by atoms with Gasteiger partial charge in [0.15, 0.2) is 11.0 Å². The van der Waals surface area contributed by atoms with Gasteiger partial charge in [0.05, 0.1) is 12.6 Å². The van der Waals surface area contributed by atoms with Crippen molar-refractivity contribution in [3.63, 3.8) is 0 Å². The minimum Gasteiger partial charge on any atom is -0.433 e. The van der Waals surface area contributed by atoms with Crippen LogP contribution < -0.4 is 0 Å². The molecule has 178 valence electrons. The highest BCUT2D eigenvalue weighted by molar-refractivity contribution is 7.99. The normalized spacial score (nSPS) is 18.8. The first-order chi connectivity index (χ1) is 16.6. The lowest BCUT2D eigenvalue weighted by Gasteiger charge is -2.27. The summed E-state index contributed by atoms with van der Waals surface area (Å²) in [5.74, 6) is 1.08. The monoisotopic (exact) mass is 496 g/mol. The van der Waals surface area contributed by atoms with Gasteiger partial charge < -0.3 is 18.8 Å². The van der Waals surface area contributed by atoms with Crippen LogP contribution in [0.4, 0.5) is 0 Å². The van der Waals surface area contributed by atoms with E-state index in [4.69, 9.17) is 30.5 Å². The molecular weight excluding hydrogens is 468 g/mol. The number of halogens is 1. The molecule has 1 unspecified atom stereocenters. The van der Waals surface area contributed by atoms with Crippen LogP contribution in [-0.4, -0.2) is 49.4 Å². The van der Waals surface area contributed by atoms with Crippen molar-refractivity contribution < 1.29 is 13.9 Å². The number of likely N-dealkylation sites (N-methyl/N-ethyl adjacent to an activating group) is 1. The number of ether oxygens (including phenoxy) is 2. The van der Waals surface area contributed by atoms with Crippen LogP contribution >= 0.6 is 23.4 Å². The molecule has 7 heteroatoms. The number of nitrogens with zero attached hydrogens (tertiary/aromatic N) is 2. The molecule has 0 amide bonds. The van der Waals surface area contributed by atoms with Crippen molar-refractivity contribution in [3.05, 3.63) is 71.6 Å². The van der Waals surface area contributed by atoms with E-state index in [2.05, 4.69) is 42.8 Å². The summed E-state index contributed by atoms with van der Waals surface area (Å²) >= 11 is 7.65. The Morgan fingerprint density at radius 1 is 1.00 bits per heavy atom. The van der Waals surface area contributed by atoms with Crippen molar-refractivity contribution in [2.24, 2.45) is 0 Å². The fourth-order valence-corrected chi connectivity index (χ4v) is 5.37. The molecule has 1 aromatic heterocycles. The van der Waals surface area contributed by atoms with E-state index in [-0.39, 0.29) is 5.92 Å². The lowest BCUT2D eigenvalue weighted by Crippen LogP contribution is -2.30. The van der Waals surface area contributed by atoms with Gasteiger partial charge in [-0.1, -0.05) is 42.4 Å². The first-order valence-electron chi connectivity index (χ1n) is 11.7. The first-order valence-corrected chi connectivity index (χ1v) is 12.9. The summed E-state index contributed by atoms with van der Waals surface area (Å²) in [5, 5.41) is 1.52. The number of hydrogen-bond acceptors (Lipinski definition) is 6. The Morgan fingerprint density at radius 2 is 1.71 bits per heavy atom. The molecule has 2 fully saturated rings. The molecule has 0 bridgehead atoms. The Hall–Kier alpha value is -2.25. The lowest BCUT2D eigenvalue weighted by molar-refractivity contribution is 0.0786. The molecule has 2 aromatic carbocycles. The largest absolute Gasteiger partial charge is 0.433 e. The predicted molar refractivity (Wildman–Crippen MR) is 136 cm³/mol. The van der Waals surface area contributed by atoms with Gasteiger partial charge in [-0.2, -0.15) is 0 Å². The van der Waals surface area contributed by atoms with E-state index in [0.29, 0.717) is 6.04 Å². The highest BCUT2D eigenvalue weighted by Crippen LogP contribution is 2.40. The quantitative estimate of drug-likeness (QED) is 0.361. The lowest BCUT2D eigenvalue weighted by atomic mass is 10.0. The van der Waals surface area contributed by atoms with Crippen molar-refractivity contribution in [2.75, 3.05) is 33.5 Å². The number of benzene rings is 2. The minimum absolute atomic E-state index is 0.286. The Morgan fingerprint density at radius 3 is 2.38 bits per heavy atom. The molecule has 2 saturated heterocycles. The second-order valence-electron chi connectivity index (χ2n) is 8.78. The standard InChI is InChI=1S/C27H29ClN2O3S/c1-18(30(2)23-13-16-32-17-23)19-3-5-20(6-4-19)25-27(34-24-9-7-22(28)8-10-24)33-26(29-25)21-11-14-31-15-12-21/h3-10,21,23H,1,11-17H2,2H3. The van der Waals surface area contributed by atoms with Crippen molar-refractivity contribution >= 4 is 29.1 Å². The Labute approximate surface area is 210 Å². The SMILES string of the molecule is C=C(c1ccc(-c2nc(C3CCOCC3)oc2Sc2ccc(Cl)cc2)cc1)N(C)C1CCOC1. The van der Waals surface area contributed by atoms with E-state index in [0.717, 1.165) is 89.1 Å². The van der Waals surface area contributed by atoms with Crippen LogP contribution in [0.15, 0.2) is 69.5 Å². The molecule has 0 spiro atoms. The molecular formula is C27H29ClN2O3S. The Kier molecular flexibility index (Phi) is 7.30. The summed E-state index contributed by atoms with van der Waals surface area (Å²) in [6.45, 7) is 7.40. The molecule has 3 heterocycles. The van der Waals surface area contributed by atoms with Crippen LogP contribution in [0.2, 0.25) is 5.02 Å². The second kappa shape index (κ2) is 10.6. The summed E-state index contributed by atoms with van der Waals surface area (Å²) < 4.78 is 17.4. The van der Waals surface area contributed by atoms with E-state index in [1.165, 1.54) is 0 Å². The number of aromatic nitrogens is 1. The summed E-state index contributed by atoms with van der Waals surface area (Å²) in [6.07, 6.45) is 2.90. The zero-order valence-corrected chi connectivity index (χ0v) is 20.9. The predicted octanol–water partition coefficient (Wildman–Crippen LogP) is 6.73. The molecule has 0 aliphatic carbocycles. The summed E-state index contributed by atoms with van der Waals surface area (Å²) in [5.41, 5.74) is 4.00. The summed E-state index contributed by atoms with van der Waals surface area (Å²) in [4.78, 5) is 8.26. The summed E-state index contributed by atoms with van der Waals surface area (Å²) in [7, 11) is 2.09. The van der Waals surface area contributed by atoms with E-state index < -0.39 is 0 Å². The Bertz CT molecular complexity index is 1120. The van der Waals surface area contributed by atoms with Gasteiger partial charge in [0.25, 0.3) is 0 Å². The smallest absolute Gasteiger partial charge is 0.199 e. The third kappa shape index (κ3) is 5.20. The number of rotatable bonds is 7. The van der Waals surface area contributed by atoms with E-state index in [9.17, 15) is 0 Å². The fraction of sp³-hybridized carbons (Fsp3) is 0.370. The zero-order valence-electron chi connectivity index (χ0n) is 19.3. The van der Waals surface area contributed by atoms with Crippen LogP contribution in [0, 0.1) is 0 Å². The molecule has 5 nitrogen and oxygen atoms in total. The van der Waals surface area contributed by atoms with Gasteiger partial charge in [-0.15, -0.1) is 0 Å². The Balaban J connectivity index is 1.42. The molecule has 34 heavy (non-hydrogen) atoms. The molecule has 0 N–H and O–H groups in total. The number of hydrogen-bond donors (Lipinski definition) is 0. The van der Waals surface area contributed by atoms with Crippen molar-refractivity contribution in [2.45, 2.75) is 41.2 Å². The average molecular weight is 497 g/mol. The van der Waals surface area contributed by atoms with Gasteiger partial charge in [-0.25, -0.2) is 4.98 Å². The van der Waals surface area contributed by atoms with Crippen LogP contribution in [0.1, 0.15) is 36.6 Å². The van der Waals surface area contributed by atoms with Crippen LogP contribution in [0.3, 0.4) is 0 Å². The molecule has 3 aromatic rings. The van der Waals surface area contributed by atoms with Crippen molar-refractivity contribution in [3.8, 4) is 11.3 Å². The van der Waals surface area contributed by atoms with E-state index in [1.807, 2.05) is 24.3 Å². The van der Waals surface area contributed by atoms with Gasteiger partial charge in [0.2, 0.25) is 0 Å². The molecule has 5 rings (SSSR count). The van der Waals surface area contributed by atoms with Gasteiger partial charge in [0.1, 0.15) is 5.69 Å². The van der Waals surface area contributed by atoms with Gasteiger partial charge in [-0.05, 0) is 60.9 Å². The van der Waals surface area contributed by atoms with Gasteiger partial charge >= 0.3 is 0 Å². The molecule has 0 saturated carbocycles. The molecule has 2 aliphatic rings. The van der Waals surface area contributed by atoms with Crippen LogP contribution in [0.5, 0.6) is 0 Å².